The fraction of sp³-hybridized carbons (Fsp3) is 0.250. The third-order valence-electron chi connectivity index (χ3n) is 3.55. The molecule has 6 heteroatoms. The number of hydrogen-bond acceptors (Lipinski definition) is 5. The molecule has 0 saturated carbocycles. The van der Waals surface area contributed by atoms with Gasteiger partial charge in [0.05, 0.1) is 17.4 Å². The second-order valence-corrected chi connectivity index (χ2v) is 6.78. The van der Waals surface area contributed by atoms with Crippen molar-refractivity contribution in [2.24, 2.45) is 0 Å². The Bertz CT molecular complexity index is 776. The Labute approximate surface area is 157 Å². The lowest BCUT2D eigenvalue weighted by molar-refractivity contribution is -0.124. The molecule has 0 radical (unpaired) electrons. The summed E-state index contributed by atoms with van der Waals surface area (Å²) in [7, 11) is 0. The number of carbonyl (C=O) groups excluding carboxylic acids is 3. The van der Waals surface area contributed by atoms with E-state index in [1.807, 2.05) is 37.3 Å². The van der Waals surface area contributed by atoms with Gasteiger partial charge in [-0.2, -0.15) is 0 Å². The van der Waals surface area contributed by atoms with Gasteiger partial charge >= 0.3 is 5.97 Å². The highest BCUT2D eigenvalue weighted by atomic mass is 32.2. The molecule has 0 unspecified atom stereocenters. The second kappa shape index (κ2) is 9.77. The molecule has 2 rings (SSSR count). The number of ketones is 1. The fourth-order valence-electron chi connectivity index (χ4n) is 2.26. The number of amides is 1. The summed E-state index contributed by atoms with van der Waals surface area (Å²) in [5, 5.41) is 2.79. The van der Waals surface area contributed by atoms with E-state index in [9.17, 15) is 14.4 Å². The van der Waals surface area contributed by atoms with Crippen molar-refractivity contribution >= 4 is 29.4 Å². The van der Waals surface area contributed by atoms with Gasteiger partial charge in [-0.3, -0.25) is 9.59 Å². The number of hydrogen-bond donors (Lipinski definition) is 1. The third kappa shape index (κ3) is 6.04. The van der Waals surface area contributed by atoms with E-state index in [4.69, 9.17) is 4.74 Å². The number of carbonyl (C=O) groups is 3. The van der Waals surface area contributed by atoms with E-state index in [-0.39, 0.29) is 30.1 Å². The summed E-state index contributed by atoms with van der Waals surface area (Å²) in [6.07, 6.45) is 0. The first-order chi connectivity index (χ1) is 12.5. The van der Waals surface area contributed by atoms with Gasteiger partial charge in [0.15, 0.2) is 6.61 Å². The van der Waals surface area contributed by atoms with Crippen LogP contribution in [0.25, 0.3) is 0 Å². The molecule has 0 bridgehead atoms. The molecule has 0 aliphatic carbocycles. The number of ether oxygens (including phenoxy) is 1. The molecule has 0 aliphatic heterocycles. The maximum Gasteiger partial charge on any atom is 0.339 e. The Morgan fingerprint density at radius 1 is 1.04 bits per heavy atom. The lowest BCUT2D eigenvalue weighted by Gasteiger charge is -2.14. The van der Waals surface area contributed by atoms with Crippen molar-refractivity contribution in [3.05, 3.63) is 65.7 Å². The first-order valence-corrected chi connectivity index (χ1v) is 9.18. The topological polar surface area (TPSA) is 72.5 Å². The van der Waals surface area contributed by atoms with Crippen LogP contribution in [0.2, 0.25) is 0 Å². The number of thioether (sulfide) groups is 1. The van der Waals surface area contributed by atoms with Crippen LogP contribution in [0.1, 0.15) is 35.8 Å². The molecule has 0 fully saturated rings. The van der Waals surface area contributed by atoms with Crippen LogP contribution in [0, 0.1) is 0 Å². The van der Waals surface area contributed by atoms with Crippen molar-refractivity contribution in [1.82, 2.24) is 5.32 Å². The highest BCUT2D eigenvalue weighted by Crippen LogP contribution is 2.23. The van der Waals surface area contributed by atoms with E-state index in [1.54, 1.807) is 24.3 Å². The zero-order valence-electron chi connectivity index (χ0n) is 14.7. The zero-order chi connectivity index (χ0) is 18.9. The predicted molar refractivity (Wildman–Crippen MR) is 101 cm³/mol. The summed E-state index contributed by atoms with van der Waals surface area (Å²) in [6, 6.07) is 16.2. The van der Waals surface area contributed by atoms with E-state index in [1.165, 1.54) is 18.7 Å². The van der Waals surface area contributed by atoms with E-state index >= 15 is 0 Å². The fourth-order valence-corrected chi connectivity index (χ4v) is 3.10. The summed E-state index contributed by atoms with van der Waals surface area (Å²) in [5.74, 6) is -0.658. The molecular formula is C20H21NO4S. The predicted octanol–water partition coefficient (Wildman–Crippen LogP) is 3.40. The van der Waals surface area contributed by atoms with Crippen LogP contribution in [0.4, 0.5) is 0 Å². The first-order valence-electron chi connectivity index (χ1n) is 8.20. The first kappa shape index (κ1) is 19.7. The van der Waals surface area contributed by atoms with Gasteiger partial charge in [-0.15, -0.1) is 11.8 Å². The van der Waals surface area contributed by atoms with Crippen LogP contribution >= 0.6 is 11.8 Å². The molecule has 136 valence electrons. The quantitative estimate of drug-likeness (QED) is 0.569. The highest BCUT2D eigenvalue weighted by Gasteiger charge is 2.16. The second-order valence-electron chi connectivity index (χ2n) is 5.76. The van der Waals surface area contributed by atoms with Crippen molar-refractivity contribution in [2.45, 2.75) is 24.8 Å². The van der Waals surface area contributed by atoms with Gasteiger partial charge in [0, 0.05) is 4.90 Å². The van der Waals surface area contributed by atoms with Gasteiger partial charge in [0.2, 0.25) is 0 Å². The number of rotatable bonds is 8. The minimum atomic E-state index is -0.584. The lowest BCUT2D eigenvalue weighted by atomic mass is 10.1. The summed E-state index contributed by atoms with van der Waals surface area (Å²) >= 11 is 1.27. The zero-order valence-corrected chi connectivity index (χ0v) is 15.5. The Morgan fingerprint density at radius 2 is 1.69 bits per heavy atom. The van der Waals surface area contributed by atoms with Crippen LogP contribution in [0.15, 0.2) is 59.5 Å². The number of benzene rings is 2. The Morgan fingerprint density at radius 3 is 2.38 bits per heavy atom. The van der Waals surface area contributed by atoms with Crippen LogP contribution in [0.5, 0.6) is 0 Å². The minimum absolute atomic E-state index is 0.0208. The van der Waals surface area contributed by atoms with E-state index in [0.29, 0.717) is 10.5 Å². The van der Waals surface area contributed by atoms with Gasteiger partial charge in [-0.1, -0.05) is 42.5 Å². The lowest BCUT2D eigenvalue weighted by Crippen LogP contribution is -2.31. The monoisotopic (exact) mass is 371 g/mol. The van der Waals surface area contributed by atoms with Gasteiger partial charge in [-0.05, 0) is 31.5 Å². The third-order valence-corrected chi connectivity index (χ3v) is 4.77. The van der Waals surface area contributed by atoms with Gasteiger partial charge in [-0.25, -0.2) is 4.79 Å². The summed E-state index contributed by atoms with van der Waals surface area (Å²) in [6.45, 7) is 3.00. The molecule has 0 saturated heterocycles. The molecule has 1 atom stereocenters. The average Bonchev–Trinajstić information content (AvgIpc) is 2.65. The number of nitrogens with one attached hydrogen (secondary N) is 1. The molecule has 1 N–H and O–H groups in total. The summed E-state index contributed by atoms with van der Waals surface area (Å²) in [4.78, 5) is 36.1. The molecule has 0 spiro atoms. The molecule has 0 aliphatic rings. The van der Waals surface area contributed by atoms with Crippen LogP contribution in [-0.2, 0) is 14.3 Å². The van der Waals surface area contributed by atoms with Gasteiger partial charge in [0.1, 0.15) is 5.78 Å². The van der Waals surface area contributed by atoms with Crippen molar-refractivity contribution in [2.75, 3.05) is 12.4 Å². The molecule has 0 heterocycles. The molecule has 26 heavy (non-hydrogen) atoms. The summed E-state index contributed by atoms with van der Waals surface area (Å²) in [5.41, 5.74) is 1.32. The standard InChI is InChI=1S/C20H21NO4S/c1-14(22)13-26-18-11-7-6-10-17(18)20(24)25-12-19(23)21-15(2)16-8-4-3-5-9-16/h3-11,15H,12-13H2,1-2H3,(H,21,23)/t15-/m1/s1. The highest BCUT2D eigenvalue weighted by molar-refractivity contribution is 8.00. The number of esters is 1. The maximum absolute atomic E-state index is 12.3. The van der Waals surface area contributed by atoms with Crippen molar-refractivity contribution < 1.29 is 19.1 Å². The van der Waals surface area contributed by atoms with Gasteiger partial charge < -0.3 is 10.1 Å². The molecular weight excluding hydrogens is 350 g/mol. The molecule has 5 nitrogen and oxygen atoms in total. The summed E-state index contributed by atoms with van der Waals surface area (Å²) < 4.78 is 5.12. The SMILES string of the molecule is CC(=O)CSc1ccccc1C(=O)OCC(=O)N[C@H](C)c1ccccc1. The van der Waals surface area contributed by atoms with Crippen LogP contribution < -0.4 is 5.32 Å². The Hall–Kier alpha value is -2.60. The van der Waals surface area contributed by atoms with E-state index in [0.717, 1.165) is 5.56 Å². The smallest absolute Gasteiger partial charge is 0.339 e. The van der Waals surface area contributed by atoms with Crippen LogP contribution in [0.3, 0.4) is 0 Å². The van der Waals surface area contributed by atoms with Crippen molar-refractivity contribution in [3.63, 3.8) is 0 Å². The van der Waals surface area contributed by atoms with Crippen molar-refractivity contribution in [1.29, 1.82) is 0 Å². The van der Waals surface area contributed by atoms with E-state index < -0.39 is 5.97 Å². The largest absolute Gasteiger partial charge is 0.452 e. The molecule has 1 amide bonds. The average molecular weight is 371 g/mol. The molecule has 2 aromatic carbocycles. The van der Waals surface area contributed by atoms with Gasteiger partial charge in [0.25, 0.3) is 5.91 Å². The molecule has 2 aromatic rings. The Balaban J connectivity index is 1.90. The van der Waals surface area contributed by atoms with E-state index in [2.05, 4.69) is 5.32 Å². The van der Waals surface area contributed by atoms with Crippen LogP contribution in [-0.4, -0.2) is 30.0 Å². The maximum atomic E-state index is 12.3. The molecule has 0 aromatic heterocycles. The number of Topliss-reactive ketones (excluding diaryl/α,β-unsaturated/α-hetero) is 1. The van der Waals surface area contributed by atoms with Crippen molar-refractivity contribution in [3.8, 4) is 0 Å². The minimum Gasteiger partial charge on any atom is -0.452 e. The Kier molecular flexibility index (Phi) is 7.41. The normalized spacial score (nSPS) is 11.5.